The van der Waals surface area contributed by atoms with Gasteiger partial charge in [0.2, 0.25) is 0 Å². The molecule has 2 aliphatic rings. The molecule has 2 saturated heterocycles. The Morgan fingerprint density at radius 1 is 1.35 bits per heavy atom. The van der Waals surface area contributed by atoms with Crippen molar-refractivity contribution in [1.82, 2.24) is 10.2 Å². The van der Waals surface area contributed by atoms with Crippen molar-refractivity contribution in [1.29, 1.82) is 0 Å². The van der Waals surface area contributed by atoms with Crippen molar-refractivity contribution in [2.24, 2.45) is 0 Å². The molecular formula is C14H22N2O. The van der Waals surface area contributed by atoms with E-state index in [2.05, 4.69) is 23.2 Å². The number of piperidine rings is 1. The second kappa shape index (κ2) is 4.83. The molecule has 1 N–H and O–H groups in total. The fraction of sp³-hybridized carbons (Fsp3) is 0.714. The van der Waals surface area contributed by atoms with Crippen LogP contribution >= 0.6 is 0 Å². The standard InChI is InChI=1S/C14H22N2O/c1-2-16(10-14-4-3-7-17-14)13-8-11-5-6-12(9-13)15-11/h3-4,7,11-13,15H,2,5-6,8-10H2,1H3. The second-order valence-electron chi connectivity index (χ2n) is 5.41. The Morgan fingerprint density at radius 2 is 2.12 bits per heavy atom. The number of hydrogen-bond donors (Lipinski definition) is 1. The Hall–Kier alpha value is -0.800. The van der Waals surface area contributed by atoms with Gasteiger partial charge < -0.3 is 9.73 Å². The van der Waals surface area contributed by atoms with Crippen molar-refractivity contribution in [2.75, 3.05) is 6.54 Å². The van der Waals surface area contributed by atoms with E-state index in [1.54, 1.807) is 6.26 Å². The summed E-state index contributed by atoms with van der Waals surface area (Å²) in [6.07, 6.45) is 7.14. The lowest BCUT2D eigenvalue weighted by molar-refractivity contribution is 0.132. The summed E-state index contributed by atoms with van der Waals surface area (Å²) >= 11 is 0. The molecule has 3 heterocycles. The van der Waals surface area contributed by atoms with Crippen molar-refractivity contribution in [2.45, 2.75) is 57.3 Å². The van der Waals surface area contributed by atoms with Gasteiger partial charge in [0.15, 0.2) is 0 Å². The first kappa shape index (κ1) is 11.3. The predicted octanol–water partition coefficient (Wildman–Crippen LogP) is 2.38. The van der Waals surface area contributed by atoms with Gasteiger partial charge in [0.1, 0.15) is 5.76 Å². The lowest BCUT2D eigenvalue weighted by Gasteiger charge is -2.36. The minimum Gasteiger partial charge on any atom is -0.468 e. The second-order valence-corrected chi connectivity index (χ2v) is 5.41. The quantitative estimate of drug-likeness (QED) is 0.867. The Balaban J connectivity index is 1.64. The third-order valence-electron chi connectivity index (χ3n) is 4.31. The minimum absolute atomic E-state index is 0.740. The smallest absolute Gasteiger partial charge is 0.117 e. The van der Waals surface area contributed by atoms with Gasteiger partial charge in [-0.3, -0.25) is 4.90 Å². The van der Waals surface area contributed by atoms with Crippen LogP contribution in [0.15, 0.2) is 22.8 Å². The van der Waals surface area contributed by atoms with Gasteiger partial charge in [0.05, 0.1) is 12.8 Å². The lowest BCUT2D eigenvalue weighted by atomic mass is 9.98. The van der Waals surface area contributed by atoms with Gasteiger partial charge in [-0.15, -0.1) is 0 Å². The highest BCUT2D eigenvalue weighted by Gasteiger charge is 2.35. The van der Waals surface area contributed by atoms with Gasteiger partial charge in [0.25, 0.3) is 0 Å². The van der Waals surface area contributed by atoms with Crippen molar-refractivity contribution in [3.8, 4) is 0 Å². The minimum atomic E-state index is 0.740. The van der Waals surface area contributed by atoms with Gasteiger partial charge in [-0.1, -0.05) is 6.92 Å². The molecule has 2 bridgehead atoms. The first-order valence-electron chi connectivity index (χ1n) is 6.87. The fourth-order valence-corrected chi connectivity index (χ4v) is 3.43. The summed E-state index contributed by atoms with van der Waals surface area (Å²) in [5.41, 5.74) is 0. The molecule has 3 heteroatoms. The van der Waals surface area contributed by atoms with E-state index in [4.69, 9.17) is 4.42 Å². The molecule has 94 valence electrons. The molecule has 0 spiro atoms. The van der Waals surface area contributed by atoms with Crippen molar-refractivity contribution < 1.29 is 4.42 Å². The zero-order chi connectivity index (χ0) is 11.7. The maximum absolute atomic E-state index is 5.47. The topological polar surface area (TPSA) is 28.4 Å². The van der Waals surface area contributed by atoms with Crippen LogP contribution in [0.4, 0.5) is 0 Å². The molecule has 1 aromatic heterocycles. The molecule has 0 amide bonds. The number of furan rings is 1. The average molecular weight is 234 g/mol. The molecular weight excluding hydrogens is 212 g/mol. The number of nitrogens with one attached hydrogen (secondary N) is 1. The summed E-state index contributed by atoms with van der Waals surface area (Å²) in [6, 6.07) is 6.34. The van der Waals surface area contributed by atoms with Gasteiger partial charge in [-0.05, 0) is 44.4 Å². The normalized spacial score (nSPS) is 32.2. The Labute approximate surface area is 103 Å². The van der Waals surface area contributed by atoms with E-state index < -0.39 is 0 Å². The van der Waals surface area contributed by atoms with Crippen LogP contribution < -0.4 is 5.32 Å². The average Bonchev–Trinajstić information content (AvgIpc) is 2.96. The van der Waals surface area contributed by atoms with Gasteiger partial charge >= 0.3 is 0 Å². The van der Waals surface area contributed by atoms with Crippen LogP contribution in [0.3, 0.4) is 0 Å². The van der Waals surface area contributed by atoms with E-state index in [1.807, 2.05) is 6.07 Å². The number of rotatable bonds is 4. The molecule has 1 aromatic rings. The SMILES string of the molecule is CCN(Cc1ccco1)C1CC2CCC(C1)N2. The maximum atomic E-state index is 5.47. The Morgan fingerprint density at radius 3 is 2.71 bits per heavy atom. The van der Waals surface area contributed by atoms with Crippen molar-refractivity contribution in [3.63, 3.8) is 0 Å². The summed E-state index contributed by atoms with van der Waals surface area (Å²) in [7, 11) is 0. The molecule has 0 saturated carbocycles. The van der Waals surface area contributed by atoms with E-state index in [-0.39, 0.29) is 0 Å². The van der Waals surface area contributed by atoms with Crippen LogP contribution in [-0.2, 0) is 6.54 Å². The van der Waals surface area contributed by atoms with Crippen LogP contribution in [0.25, 0.3) is 0 Å². The van der Waals surface area contributed by atoms with Crippen LogP contribution in [0.5, 0.6) is 0 Å². The molecule has 17 heavy (non-hydrogen) atoms. The summed E-state index contributed by atoms with van der Waals surface area (Å²) in [4.78, 5) is 2.57. The van der Waals surface area contributed by atoms with Crippen LogP contribution in [-0.4, -0.2) is 29.6 Å². The first-order valence-corrected chi connectivity index (χ1v) is 6.87. The van der Waals surface area contributed by atoms with E-state index in [0.29, 0.717) is 0 Å². The molecule has 2 unspecified atom stereocenters. The molecule has 2 atom stereocenters. The zero-order valence-electron chi connectivity index (χ0n) is 10.6. The van der Waals surface area contributed by atoms with Gasteiger partial charge in [-0.25, -0.2) is 0 Å². The van der Waals surface area contributed by atoms with E-state index in [9.17, 15) is 0 Å². The predicted molar refractivity (Wildman–Crippen MR) is 67.8 cm³/mol. The molecule has 2 fully saturated rings. The maximum Gasteiger partial charge on any atom is 0.117 e. The summed E-state index contributed by atoms with van der Waals surface area (Å²) < 4.78 is 5.47. The van der Waals surface area contributed by atoms with Crippen molar-refractivity contribution in [3.05, 3.63) is 24.2 Å². The monoisotopic (exact) mass is 234 g/mol. The zero-order valence-corrected chi connectivity index (χ0v) is 10.6. The Kier molecular flexibility index (Phi) is 3.21. The lowest BCUT2D eigenvalue weighted by Crippen LogP contribution is -2.47. The molecule has 0 radical (unpaired) electrons. The third kappa shape index (κ3) is 2.40. The summed E-state index contributed by atoms with van der Waals surface area (Å²) in [5, 5.41) is 3.71. The highest BCUT2D eigenvalue weighted by molar-refractivity contribution is 5.00. The first-order chi connectivity index (χ1) is 8.35. The fourth-order valence-electron chi connectivity index (χ4n) is 3.43. The highest BCUT2D eigenvalue weighted by atomic mass is 16.3. The third-order valence-corrected chi connectivity index (χ3v) is 4.31. The summed E-state index contributed by atoms with van der Waals surface area (Å²) in [5.74, 6) is 1.10. The van der Waals surface area contributed by atoms with Gasteiger partial charge in [-0.2, -0.15) is 0 Å². The van der Waals surface area contributed by atoms with Gasteiger partial charge in [0, 0.05) is 18.1 Å². The van der Waals surface area contributed by atoms with Crippen molar-refractivity contribution >= 4 is 0 Å². The highest BCUT2D eigenvalue weighted by Crippen LogP contribution is 2.30. The molecule has 3 rings (SSSR count). The van der Waals surface area contributed by atoms with Crippen LogP contribution in [0.2, 0.25) is 0 Å². The molecule has 0 aliphatic carbocycles. The van der Waals surface area contributed by atoms with Crippen LogP contribution in [0, 0.1) is 0 Å². The van der Waals surface area contributed by atoms with E-state index in [0.717, 1.165) is 37.0 Å². The van der Waals surface area contributed by atoms with E-state index >= 15 is 0 Å². The number of fused-ring (bicyclic) bond motifs is 2. The molecule has 3 nitrogen and oxygen atoms in total. The number of nitrogens with zero attached hydrogens (tertiary/aromatic N) is 1. The summed E-state index contributed by atoms with van der Waals surface area (Å²) in [6.45, 7) is 4.34. The van der Waals surface area contributed by atoms with Crippen LogP contribution in [0.1, 0.15) is 38.4 Å². The van der Waals surface area contributed by atoms with E-state index in [1.165, 1.54) is 25.7 Å². The molecule has 2 aliphatic heterocycles. The number of hydrogen-bond acceptors (Lipinski definition) is 3. The largest absolute Gasteiger partial charge is 0.468 e. The molecule has 0 aromatic carbocycles. The Bertz CT molecular complexity index is 337.